The molecule has 0 aromatic carbocycles. The number of nitrogens with two attached hydrogens (primary N) is 1. The number of ether oxygens (including phenoxy) is 1. The maximum Gasteiger partial charge on any atom is 0.226 e. The van der Waals surface area contributed by atoms with Gasteiger partial charge in [-0.1, -0.05) is 6.42 Å². The maximum absolute atomic E-state index is 12.3. The number of rotatable bonds is 1. The van der Waals surface area contributed by atoms with Crippen molar-refractivity contribution in [3.63, 3.8) is 0 Å². The molecule has 1 aliphatic heterocycles. The van der Waals surface area contributed by atoms with Crippen molar-refractivity contribution >= 4 is 18.3 Å². The van der Waals surface area contributed by atoms with Crippen LogP contribution in [0.5, 0.6) is 0 Å². The zero-order valence-electron chi connectivity index (χ0n) is 10.4. The second kappa shape index (κ2) is 6.57. The Bertz CT molecular complexity index is 263. The topological polar surface area (TPSA) is 55.6 Å². The molecule has 5 heteroatoms. The Kier molecular flexibility index (Phi) is 5.70. The van der Waals surface area contributed by atoms with Gasteiger partial charge < -0.3 is 15.4 Å². The van der Waals surface area contributed by atoms with Crippen molar-refractivity contribution in [1.29, 1.82) is 0 Å². The van der Waals surface area contributed by atoms with Crippen LogP contribution >= 0.6 is 12.4 Å². The lowest BCUT2D eigenvalue weighted by atomic mass is 9.85. The number of carbonyl (C=O) groups is 1. The summed E-state index contributed by atoms with van der Waals surface area (Å²) in [4.78, 5) is 14.3. The van der Waals surface area contributed by atoms with Crippen molar-refractivity contribution in [1.82, 2.24) is 4.90 Å². The van der Waals surface area contributed by atoms with Crippen molar-refractivity contribution < 1.29 is 9.53 Å². The summed E-state index contributed by atoms with van der Waals surface area (Å²) >= 11 is 0. The fraction of sp³-hybridized carbons (Fsp3) is 0.917. The normalized spacial score (nSPS) is 34.0. The van der Waals surface area contributed by atoms with Gasteiger partial charge in [0.05, 0.1) is 19.3 Å². The summed E-state index contributed by atoms with van der Waals surface area (Å²) < 4.78 is 5.35. The molecule has 2 fully saturated rings. The molecule has 0 aromatic heterocycles. The first-order chi connectivity index (χ1) is 7.68. The predicted octanol–water partition coefficient (Wildman–Crippen LogP) is 1.17. The van der Waals surface area contributed by atoms with E-state index in [1.54, 1.807) is 0 Å². The molecule has 0 bridgehead atoms. The average molecular weight is 263 g/mol. The molecule has 1 saturated carbocycles. The van der Waals surface area contributed by atoms with Crippen molar-refractivity contribution in [2.24, 2.45) is 11.7 Å². The summed E-state index contributed by atoms with van der Waals surface area (Å²) in [7, 11) is 0. The first kappa shape index (κ1) is 14.7. The molecule has 0 radical (unpaired) electrons. The van der Waals surface area contributed by atoms with Crippen LogP contribution in [0, 0.1) is 5.92 Å². The van der Waals surface area contributed by atoms with E-state index in [1.165, 1.54) is 0 Å². The van der Waals surface area contributed by atoms with E-state index in [0.29, 0.717) is 19.1 Å². The highest BCUT2D eigenvalue weighted by atomic mass is 35.5. The lowest BCUT2D eigenvalue weighted by Crippen LogP contribution is -2.50. The second-order valence-electron chi connectivity index (χ2n) is 5.08. The summed E-state index contributed by atoms with van der Waals surface area (Å²) in [5.41, 5.74) is 5.93. The minimum absolute atomic E-state index is 0. The molecule has 0 aromatic rings. The van der Waals surface area contributed by atoms with E-state index in [0.717, 1.165) is 32.2 Å². The monoisotopic (exact) mass is 262 g/mol. The van der Waals surface area contributed by atoms with Gasteiger partial charge in [-0.3, -0.25) is 4.79 Å². The van der Waals surface area contributed by atoms with Gasteiger partial charge in [0.25, 0.3) is 0 Å². The highest BCUT2D eigenvalue weighted by molar-refractivity contribution is 5.85. The van der Waals surface area contributed by atoms with Crippen LogP contribution < -0.4 is 5.73 Å². The van der Waals surface area contributed by atoms with E-state index in [4.69, 9.17) is 10.5 Å². The van der Waals surface area contributed by atoms with Gasteiger partial charge in [-0.05, 0) is 26.2 Å². The van der Waals surface area contributed by atoms with Crippen molar-refractivity contribution in [3.05, 3.63) is 0 Å². The molecule has 1 amide bonds. The smallest absolute Gasteiger partial charge is 0.226 e. The van der Waals surface area contributed by atoms with Crippen LogP contribution in [0.3, 0.4) is 0 Å². The number of morpholine rings is 1. The molecular weight excluding hydrogens is 240 g/mol. The Morgan fingerprint density at radius 2 is 2.18 bits per heavy atom. The van der Waals surface area contributed by atoms with E-state index in [1.807, 2.05) is 4.90 Å². The summed E-state index contributed by atoms with van der Waals surface area (Å²) in [6.45, 7) is 4.14. The molecule has 4 nitrogen and oxygen atoms in total. The number of halogens is 1. The SMILES string of the molecule is CC1COCCN1C(=O)C1CCCC(N)C1.Cl. The standard InChI is InChI=1S/C12H22N2O2.ClH/c1-9-8-16-6-5-14(9)12(15)10-3-2-4-11(13)7-10;/h9-11H,2-8,13H2,1H3;1H. The van der Waals surface area contributed by atoms with Gasteiger partial charge in [-0.15, -0.1) is 12.4 Å². The molecule has 3 unspecified atom stereocenters. The Labute approximate surface area is 109 Å². The van der Waals surface area contributed by atoms with Crippen molar-refractivity contribution in [2.75, 3.05) is 19.8 Å². The maximum atomic E-state index is 12.3. The van der Waals surface area contributed by atoms with E-state index in [-0.39, 0.29) is 30.4 Å². The Balaban J connectivity index is 0.00000144. The number of carbonyl (C=O) groups excluding carboxylic acids is 1. The van der Waals surface area contributed by atoms with Crippen LogP contribution in [0.4, 0.5) is 0 Å². The van der Waals surface area contributed by atoms with Gasteiger partial charge in [0.1, 0.15) is 0 Å². The average Bonchev–Trinajstić information content (AvgIpc) is 2.29. The van der Waals surface area contributed by atoms with E-state index in [9.17, 15) is 4.79 Å². The highest BCUT2D eigenvalue weighted by Crippen LogP contribution is 2.26. The highest BCUT2D eigenvalue weighted by Gasteiger charge is 2.32. The summed E-state index contributed by atoms with van der Waals surface area (Å²) in [6.07, 6.45) is 4.04. The third-order valence-corrected chi connectivity index (χ3v) is 3.71. The van der Waals surface area contributed by atoms with Gasteiger partial charge in [0.2, 0.25) is 5.91 Å². The van der Waals surface area contributed by atoms with Crippen LogP contribution in [0.15, 0.2) is 0 Å². The fourth-order valence-corrected chi connectivity index (χ4v) is 2.74. The van der Waals surface area contributed by atoms with Crippen LogP contribution in [0.25, 0.3) is 0 Å². The first-order valence-corrected chi connectivity index (χ1v) is 6.32. The second-order valence-corrected chi connectivity index (χ2v) is 5.08. The first-order valence-electron chi connectivity index (χ1n) is 6.32. The fourth-order valence-electron chi connectivity index (χ4n) is 2.74. The third-order valence-electron chi connectivity index (χ3n) is 3.71. The number of amides is 1. The van der Waals surface area contributed by atoms with Crippen LogP contribution in [-0.2, 0) is 9.53 Å². The van der Waals surface area contributed by atoms with Gasteiger partial charge in [0, 0.05) is 18.5 Å². The Morgan fingerprint density at radius 3 is 2.82 bits per heavy atom. The molecule has 0 spiro atoms. The minimum atomic E-state index is 0. The largest absolute Gasteiger partial charge is 0.377 e. The van der Waals surface area contributed by atoms with Gasteiger partial charge in [-0.25, -0.2) is 0 Å². The van der Waals surface area contributed by atoms with Crippen molar-refractivity contribution in [2.45, 2.75) is 44.7 Å². The molecule has 17 heavy (non-hydrogen) atoms. The molecule has 2 rings (SSSR count). The van der Waals surface area contributed by atoms with Crippen LogP contribution in [-0.4, -0.2) is 42.6 Å². The number of hydrogen-bond donors (Lipinski definition) is 1. The summed E-state index contributed by atoms with van der Waals surface area (Å²) in [5.74, 6) is 0.454. The molecule has 100 valence electrons. The quantitative estimate of drug-likeness (QED) is 0.772. The molecule has 1 saturated heterocycles. The van der Waals surface area contributed by atoms with E-state index in [2.05, 4.69) is 6.92 Å². The molecule has 3 atom stereocenters. The summed E-state index contributed by atoms with van der Waals surface area (Å²) in [6, 6.07) is 0.443. The molecule has 2 N–H and O–H groups in total. The van der Waals surface area contributed by atoms with Crippen LogP contribution in [0.1, 0.15) is 32.6 Å². The predicted molar refractivity (Wildman–Crippen MR) is 69.2 cm³/mol. The van der Waals surface area contributed by atoms with Gasteiger partial charge >= 0.3 is 0 Å². The van der Waals surface area contributed by atoms with E-state index >= 15 is 0 Å². The van der Waals surface area contributed by atoms with Crippen molar-refractivity contribution in [3.8, 4) is 0 Å². The molecule has 1 heterocycles. The summed E-state index contributed by atoms with van der Waals surface area (Å²) in [5, 5.41) is 0. The lowest BCUT2D eigenvalue weighted by Gasteiger charge is -2.37. The number of nitrogens with zero attached hydrogens (tertiary/aromatic N) is 1. The lowest BCUT2D eigenvalue weighted by molar-refractivity contribution is -0.144. The molecule has 1 aliphatic carbocycles. The van der Waals surface area contributed by atoms with E-state index < -0.39 is 0 Å². The van der Waals surface area contributed by atoms with Gasteiger partial charge in [0.15, 0.2) is 0 Å². The minimum Gasteiger partial charge on any atom is -0.377 e. The van der Waals surface area contributed by atoms with Crippen LogP contribution in [0.2, 0.25) is 0 Å². The Morgan fingerprint density at radius 1 is 1.41 bits per heavy atom. The molecule has 2 aliphatic rings. The number of hydrogen-bond acceptors (Lipinski definition) is 3. The third kappa shape index (κ3) is 3.57. The zero-order valence-corrected chi connectivity index (χ0v) is 11.2. The van der Waals surface area contributed by atoms with Gasteiger partial charge in [-0.2, -0.15) is 0 Å². The Hall–Kier alpha value is -0.320. The molecular formula is C12H23ClN2O2. The zero-order chi connectivity index (χ0) is 11.5.